The molecule has 6 heteroatoms. The lowest BCUT2D eigenvalue weighted by molar-refractivity contribution is 0.102. The largest absolute Gasteiger partial charge is 0.319 e. The summed E-state index contributed by atoms with van der Waals surface area (Å²) < 4.78 is 1.00. The van der Waals surface area contributed by atoms with E-state index in [1.54, 1.807) is 12.1 Å². The van der Waals surface area contributed by atoms with Crippen LogP contribution in [0.2, 0.25) is 5.02 Å². The molecule has 0 saturated heterocycles. The number of anilines is 1. The molecule has 0 saturated carbocycles. The number of carbonyl (C=O) groups excluding carboxylic acids is 1. The Morgan fingerprint density at radius 3 is 2.67 bits per heavy atom. The molecule has 3 aromatic rings. The minimum atomic E-state index is -0.337. The summed E-state index contributed by atoms with van der Waals surface area (Å²) in [5.41, 5.74) is 2.24. The quantitative estimate of drug-likeness (QED) is 0.647. The van der Waals surface area contributed by atoms with Crippen LogP contribution < -0.4 is 5.32 Å². The van der Waals surface area contributed by atoms with Crippen LogP contribution in [-0.4, -0.2) is 15.9 Å². The van der Waals surface area contributed by atoms with Gasteiger partial charge in [0.15, 0.2) is 0 Å². The molecule has 3 rings (SSSR count). The van der Waals surface area contributed by atoms with Gasteiger partial charge in [0.1, 0.15) is 5.69 Å². The van der Waals surface area contributed by atoms with E-state index in [2.05, 4.69) is 37.9 Å². The predicted molar refractivity (Wildman–Crippen MR) is 91.7 cm³/mol. The van der Waals surface area contributed by atoms with E-state index < -0.39 is 0 Å². The molecule has 0 bridgehead atoms. The van der Waals surface area contributed by atoms with Gasteiger partial charge in [0, 0.05) is 3.57 Å². The molecule has 0 aliphatic rings. The number of carbonyl (C=O) groups is 1. The molecular weight excluding hydrogens is 401 g/mol. The van der Waals surface area contributed by atoms with Crippen LogP contribution in [-0.2, 0) is 0 Å². The van der Waals surface area contributed by atoms with Crippen LogP contribution in [0.4, 0.5) is 5.69 Å². The molecule has 0 spiro atoms. The molecule has 2 aromatic carbocycles. The highest BCUT2D eigenvalue weighted by atomic mass is 127. The number of nitrogens with zero attached hydrogens (tertiary/aromatic N) is 2. The van der Waals surface area contributed by atoms with E-state index in [9.17, 15) is 4.79 Å². The maximum atomic E-state index is 12.2. The Labute approximate surface area is 139 Å². The third-order valence-electron chi connectivity index (χ3n) is 2.86. The molecule has 0 fully saturated rings. The zero-order valence-corrected chi connectivity index (χ0v) is 13.6. The Morgan fingerprint density at radius 2 is 1.90 bits per heavy atom. The first-order valence-corrected chi connectivity index (χ1v) is 7.57. The summed E-state index contributed by atoms with van der Waals surface area (Å²) in [6.07, 6.45) is 1.46. The topological polar surface area (TPSA) is 54.9 Å². The van der Waals surface area contributed by atoms with Gasteiger partial charge in [0.2, 0.25) is 0 Å². The van der Waals surface area contributed by atoms with Crippen molar-refractivity contribution in [2.45, 2.75) is 0 Å². The van der Waals surface area contributed by atoms with Crippen molar-refractivity contribution in [2.75, 3.05) is 5.32 Å². The highest BCUT2D eigenvalue weighted by molar-refractivity contribution is 14.1. The number of amides is 1. The van der Waals surface area contributed by atoms with Gasteiger partial charge in [-0.3, -0.25) is 9.78 Å². The molecular formula is C15H9ClIN3O. The van der Waals surface area contributed by atoms with Crippen LogP contribution in [0.5, 0.6) is 0 Å². The number of fused-ring (bicyclic) bond motifs is 1. The van der Waals surface area contributed by atoms with Crippen molar-refractivity contribution in [1.82, 2.24) is 9.97 Å². The Hall–Kier alpha value is -1.73. The summed E-state index contributed by atoms with van der Waals surface area (Å²) in [4.78, 5) is 20.7. The van der Waals surface area contributed by atoms with Crippen LogP contribution in [0.15, 0.2) is 48.7 Å². The third kappa shape index (κ3) is 3.14. The summed E-state index contributed by atoms with van der Waals surface area (Å²) in [6.45, 7) is 0. The molecule has 1 aromatic heterocycles. The Morgan fingerprint density at radius 1 is 1.14 bits per heavy atom. The van der Waals surface area contributed by atoms with Crippen LogP contribution in [0.1, 0.15) is 10.5 Å². The van der Waals surface area contributed by atoms with E-state index in [1.807, 2.05) is 30.3 Å². The molecule has 104 valence electrons. The van der Waals surface area contributed by atoms with Gasteiger partial charge in [-0.25, -0.2) is 4.98 Å². The summed E-state index contributed by atoms with van der Waals surface area (Å²) in [5.74, 6) is -0.337. The second kappa shape index (κ2) is 5.95. The second-order valence-corrected chi connectivity index (χ2v) is 5.98. The molecule has 4 nitrogen and oxygen atoms in total. The van der Waals surface area contributed by atoms with Crippen LogP contribution in [0.25, 0.3) is 11.0 Å². The zero-order chi connectivity index (χ0) is 14.8. The van der Waals surface area contributed by atoms with Gasteiger partial charge in [-0.15, -0.1) is 0 Å². The van der Waals surface area contributed by atoms with E-state index >= 15 is 0 Å². The molecule has 1 amide bonds. The predicted octanol–water partition coefficient (Wildman–Crippen LogP) is 4.14. The Kier molecular flexibility index (Phi) is 4.03. The number of nitrogens with one attached hydrogen (secondary N) is 1. The number of rotatable bonds is 2. The minimum absolute atomic E-state index is 0.253. The van der Waals surface area contributed by atoms with E-state index in [4.69, 9.17) is 11.6 Å². The summed E-state index contributed by atoms with van der Waals surface area (Å²) in [7, 11) is 0. The molecule has 0 atom stereocenters. The SMILES string of the molecule is O=C(Nc1ccc(I)cc1Cl)c1cnc2ccccc2n1. The fourth-order valence-electron chi connectivity index (χ4n) is 1.84. The van der Waals surface area contributed by atoms with Crippen molar-refractivity contribution in [3.05, 3.63) is 62.9 Å². The number of para-hydroxylation sites is 2. The molecule has 1 heterocycles. The lowest BCUT2D eigenvalue weighted by Gasteiger charge is -2.07. The van der Waals surface area contributed by atoms with Crippen molar-refractivity contribution in [3.8, 4) is 0 Å². The molecule has 0 aliphatic carbocycles. The number of hydrogen-bond donors (Lipinski definition) is 1. The van der Waals surface area contributed by atoms with Crippen molar-refractivity contribution in [3.63, 3.8) is 0 Å². The summed E-state index contributed by atoms with van der Waals surface area (Å²) >= 11 is 8.26. The smallest absolute Gasteiger partial charge is 0.275 e. The second-order valence-electron chi connectivity index (χ2n) is 4.32. The van der Waals surface area contributed by atoms with Gasteiger partial charge >= 0.3 is 0 Å². The highest BCUT2D eigenvalue weighted by Gasteiger charge is 2.11. The highest BCUT2D eigenvalue weighted by Crippen LogP contribution is 2.24. The van der Waals surface area contributed by atoms with Crippen LogP contribution in [0.3, 0.4) is 0 Å². The molecule has 0 aliphatic heterocycles. The van der Waals surface area contributed by atoms with Crippen molar-refractivity contribution < 1.29 is 4.79 Å². The molecule has 1 N–H and O–H groups in total. The number of halogens is 2. The van der Waals surface area contributed by atoms with E-state index in [0.717, 1.165) is 9.09 Å². The molecule has 21 heavy (non-hydrogen) atoms. The summed E-state index contributed by atoms with van der Waals surface area (Å²) in [5, 5.41) is 3.23. The number of aromatic nitrogens is 2. The summed E-state index contributed by atoms with van der Waals surface area (Å²) in [6, 6.07) is 12.8. The maximum Gasteiger partial charge on any atom is 0.275 e. The first kappa shape index (κ1) is 14.2. The van der Waals surface area contributed by atoms with Gasteiger partial charge in [-0.1, -0.05) is 23.7 Å². The van der Waals surface area contributed by atoms with Crippen LogP contribution >= 0.6 is 34.2 Å². The van der Waals surface area contributed by atoms with E-state index in [1.165, 1.54) is 6.20 Å². The van der Waals surface area contributed by atoms with Crippen molar-refractivity contribution >= 4 is 56.8 Å². The van der Waals surface area contributed by atoms with Gasteiger partial charge in [0.05, 0.1) is 27.9 Å². The normalized spacial score (nSPS) is 10.6. The first-order chi connectivity index (χ1) is 10.1. The Bertz CT molecular complexity index is 838. The van der Waals surface area contributed by atoms with Crippen LogP contribution in [0, 0.1) is 3.57 Å². The van der Waals surface area contributed by atoms with E-state index in [-0.39, 0.29) is 11.6 Å². The monoisotopic (exact) mass is 409 g/mol. The van der Waals surface area contributed by atoms with E-state index in [0.29, 0.717) is 16.2 Å². The maximum absolute atomic E-state index is 12.2. The van der Waals surface area contributed by atoms with Crippen molar-refractivity contribution in [2.24, 2.45) is 0 Å². The fourth-order valence-corrected chi connectivity index (χ4v) is 2.75. The standard InChI is InChI=1S/C15H9ClIN3O/c16-10-7-9(17)5-6-11(10)20-15(21)14-8-18-12-3-1-2-4-13(12)19-14/h1-8H,(H,20,21). The lowest BCUT2D eigenvalue weighted by atomic mass is 10.2. The van der Waals surface area contributed by atoms with Crippen molar-refractivity contribution in [1.29, 1.82) is 0 Å². The number of hydrogen-bond acceptors (Lipinski definition) is 3. The number of benzene rings is 2. The first-order valence-electron chi connectivity index (χ1n) is 6.12. The fraction of sp³-hybridized carbons (Fsp3) is 0. The third-order valence-corrected chi connectivity index (χ3v) is 3.84. The molecule has 0 unspecified atom stereocenters. The van der Waals surface area contributed by atoms with Gasteiger partial charge in [-0.05, 0) is 52.9 Å². The average molecular weight is 410 g/mol. The van der Waals surface area contributed by atoms with Gasteiger partial charge in [-0.2, -0.15) is 0 Å². The Balaban J connectivity index is 1.89. The zero-order valence-electron chi connectivity index (χ0n) is 10.7. The molecule has 0 radical (unpaired) electrons. The van der Waals surface area contributed by atoms with Gasteiger partial charge in [0.25, 0.3) is 5.91 Å². The lowest BCUT2D eigenvalue weighted by Crippen LogP contribution is -2.14. The minimum Gasteiger partial charge on any atom is -0.319 e. The van der Waals surface area contributed by atoms with Gasteiger partial charge < -0.3 is 5.32 Å². The average Bonchev–Trinajstić information content (AvgIpc) is 2.49.